The molecule has 1 amide bonds. The molecule has 0 heterocycles. The molecule has 2 N–H and O–H groups in total. The molecule has 0 aromatic heterocycles. The molecule has 9 heteroatoms. The molecule has 28 heavy (non-hydrogen) atoms. The Morgan fingerprint density at radius 3 is 2.11 bits per heavy atom. The summed E-state index contributed by atoms with van der Waals surface area (Å²) >= 11 is 0. The maximum Gasteiger partial charge on any atom is 0.269 e. The fourth-order valence-electron chi connectivity index (χ4n) is 2.24. The number of hydrogen-bond donors (Lipinski definition) is 2. The average Bonchev–Trinajstić information content (AvgIpc) is 2.59. The van der Waals surface area contributed by atoms with Gasteiger partial charge in [-0.1, -0.05) is 0 Å². The lowest BCUT2D eigenvalue weighted by Crippen LogP contribution is -2.40. The molecule has 148 valence electrons. The first kappa shape index (κ1) is 21.3. The highest BCUT2D eigenvalue weighted by molar-refractivity contribution is 7.89. The van der Waals surface area contributed by atoms with Crippen LogP contribution < -0.4 is 10.0 Å². The van der Waals surface area contributed by atoms with Crippen LogP contribution in [0.25, 0.3) is 6.08 Å². The zero-order chi connectivity index (χ0) is 20.9. The Balaban J connectivity index is 2.01. The van der Waals surface area contributed by atoms with Gasteiger partial charge in [0.2, 0.25) is 15.9 Å². The van der Waals surface area contributed by atoms with Crippen molar-refractivity contribution in [2.45, 2.75) is 31.2 Å². The number of nitro benzene ring substituents is 1. The van der Waals surface area contributed by atoms with Crippen molar-refractivity contribution in [1.29, 1.82) is 0 Å². The van der Waals surface area contributed by atoms with Gasteiger partial charge in [-0.15, -0.1) is 0 Å². The summed E-state index contributed by atoms with van der Waals surface area (Å²) in [5, 5.41) is 13.2. The van der Waals surface area contributed by atoms with E-state index in [1.807, 2.05) is 0 Å². The summed E-state index contributed by atoms with van der Waals surface area (Å²) in [4.78, 5) is 22.2. The second-order valence-corrected chi connectivity index (χ2v) is 8.73. The Bertz CT molecular complexity index is 989. The number of nitrogens with one attached hydrogen (secondary N) is 2. The lowest BCUT2D eigenvalue weighted by atomic mass is 10.1. The van der Waals surface area contributed by atoms with E-state index in [-0.39, 0.29) is 10.6 Å². The van der Waals surface area contributed by atoms with Gasteiger partial charge in [-0.05, 0) is 68.8 Å². The van der Waals surface area contributed by atoms with Gasteiger partial charge in [0, 0.05) is 29.4 Å². The van der Waals surface area contributed by atoms with Gasteiger partial charge in [-0.25, -0.2) is 13.1 Å². The van der Waals surface area contributed by atoms with Crippen molar-refractivity contribution in [2.75, 3.05) is 5.32 Å². The molecule has 2 aromatic rings. The first-order valence-corrected chi connectivity index (χ1v) is 9.82. The summed E-state index contributed by atoms with van der Waals surface area (Å²) < 4.78 is 27.1. The zero-order valence-corrected chi connectivity index (χ0v) is 16.5. The van der Waals surface area contributed by atoms with Gasteiger partial charge in [0.05, 0.1) is 9.82 Å². The highest BCUT2D eigenvalue weighted by atomic mass is 32.2. The molecule has 0 bridgehead atoms. The van der Waals surface area contributed by atoms with E-state index < -0.39 is 26.4 Å². The molecular formula is C19H21N3O5S. The third-order valence-electron chi connectivity index (χ3n) is 3.40. The Kier molecular flexibility index (Phi) is 6.32. The second-order valence-electron chi connectivity index (χ2n) is 7.05. The van der Waals surface area contributed by atoms with E-state index >= 15 is 0 Å². The SMILES string of the molecule is CC(C)(C)NS(=O)(=O)c1ccc(NC(=O)/C=C/c2ccc([N+](=O)[O-])cc2)cc1. The first-order valence-electron chi connectivity index (χ1n) is 8.34. The summed E-state index contributed by atoms with van der Waals surface area (Å²) in [6, 6.07) is 11.6. The zero-order valence-electron chi connectivity index (χ0n) is 15.7. The molecule has 0 atom stereocenters. The summed E-state index contributed by atoms with van der Waals surface area (Å²) in [6.45, 7) is 5.24. The van der Waals surface area contributed by atoms with Gasteiger partial charge in [0.25, 0.3) is 5.69 Å². The van der Waals surface area contributed by atoms with Gasteiger partial charge < -0.3 is 5.32 Å². The van der Waals surface area contributed by atoms with Crippen molar-refractivity contribution in [3.8, 4) is 0 Å². The highest BCUT2D eigenvalue weighted by Gasteiger charge is 2.21. The van der Waals surface area contributed by atoms with Crippen molar-refractivity contribution >= 4 is 33.4 Å². The average molecular weight is 403 g/mol. The van der Waals surface area contributed by atoms with Gasteiger partial charge >= 0.3 is 0 Å². The summed E-state index contributed by atoms with van der Waals surface area (Å²) in [5.41, 5.74) is 0.440. The van der Waals surface area contributed by atoms with E-state index in [2.05, 4.69) is 10.0 Å². The topological polar surface area (TPSA) is 118 Å². The standard InChI is InChI=1S/C19H21N3O5S/c1-19(2,3)21-28(26,27)17-11-7-15(8-12-17)20-18(23)13-6-14-4-9-16(10-5-14)22(24)25/h4-13,21H,1-3H3,(H,20,23)/b13-6+. The van der Waals surface area contributed by atoms with E-state index in [9.17, 15) is 23.3 Å². The predicted molar refractivity (Wildman–Crippen MR) is 107 cm³/mol. The molecule has 0 aliphatic heterocycles. The van der Waals surface area contributed by atoms with E-state index in [4.69, 9.17) is 0 Å². The number of rotatable bonds is 6. The fourth-order valence-corrected chi connectivity index (χ4v) is 3.66. The minimum atomic E-state index is -3.64. The Hall–Kier alpha value is -3.04. The van der Waals surface area contributed by atoms with Crippen LogP contribution in [0.3, 0.4) is 0 Å². The smallest absolute Gasteiger partial charge is 0.269 e. The summed E-state index contributed by atoms with van der Waals surface area (Å²) in [6.07, 6.45) is 2.80. The number of nitro groups is 1. The van der Waals surface area contributed by atoms with Gasteiger partial charge in [0.1, 0.15) is 0 Å². The molecule has 2 aromatic carbocycles. The number of carbonyl (C=O) groups is 1. The fraction of sp³-hybridized carbons (Fsp3) is 0.211. The number of non-ortho nitro benzene ring substituents is 1. The first-order chi connectivity index (χ1) is 13.0. The number of benzene rings is 2. The normalized spacial score (nSPS) is 12.1. The van der Waals surface area contributed by atoms with Crippen LogP contribution in [0.2, 0.25) is 0 Å². The number of sulfonamides is 1. The molecular weight excluding hydrogens is 382 g/mol. The van der Waals surface area contributed by atoms with E-state index in [1.54, 1.807) is 20.8 Å². The highest BCUT2D eigenvalue weighted by Crippen LogP contribution is 2.17. The Morgan fingerprint density at radius 2 is 1.61 bits per heavy atom. The van der Waals surface area contributed by atoms with Crippen LogP contribution in [-0.4, -0.2) is 24.8 Å². The van der Waals surface area contributed by atoms with Crippen LogP contribution in [0.15, 0.2) is 59.5 Å². The second kappa shape index (κ2) is 8.32. The molecule has 0 unspecified atom stereocenters. The van der Waals surface area contributed by atoms with Gasteiger partial charge in [-0.3, -0.25) is 14.9 Å². The summed E-state index contributed by atoms with van der Waals surface area (Å²) in [7, 11) is -3.64. The third kappa shape index (κ3) is 6.29. The molecule has 0 spiro atoms. The van der Waals surface area contributed by atoms with Crippen molar-refractivity contribution in [3.05, 3.63) is 70.3 Å². The van der Waals surface area contributed by atoms with E-state index in [0.717, 1.165) is 0 Å². The van der Waals surface area contributed by atoms with Crippen LogP contribution in [0.1, 0.15) is 26.3 Å². The molecule has 2 rings (SSSR count). The van der Waals surface area contributed by atoms with Crippen molar-refractivity contribution < 1.29 is 18.1 Å². The minimum absolute atomic E-state index is 0.0300. The number of hydrogen-bond acceptors (Lipinski definition) is 5. The predicted octanol–water partition coefficient (Wildman–Crippen LogP) is 3.32. The van der Waals surface area contributed by atoms with Gasteiger partial charge in [-0.2, -0.15) is 0 Å². The number of anilines is 1. The number of amides is 1. The van der Waals surface area contributed by atoms with Crippen LogP contribution in [0, 0.1) is 10.1 Å². The van der Waals surface area contributed by atoms with E-state index in [0.29, 0.717) is 11.3 Å². The van der Waals surface area contributed by atoms with Crippen molar-refractivity contribution in [2.24, 2.45) is 0 Å². The monoisotopic (exact) mass is 403 g/mol. The molecule has 0 radical (unpaired) electrons. The molecule has 0 aliphatic carbocycles. The van der Waals surface area contributed by atoms with Crippen molar-refractivity contribution in [1.82, 2.24) is 4.72 Å². The lowest BCUT2D eigenvalue weighted by Gasteiger charge is -2.20. The molecule has 0 aliphatic rings. The van der Waals surface area contributed by atoms with Gasteiger partial charge in [0.15, 0.2) is 0 Å². The molecule has 0 saturated carbocycles. The van der Waals surface area contributed by atoms with E-state index in [1.165, 1.54) is 60.7 Å². The number of carbonyl (C=O) groups excluding carboxylic acids is 1. The van der Waals surface area contributed by atoms with Crippen molar-refractivity contribution in [3.63, 3.8) is 0 Å². The van der Waals surface area contributed by atoms with Crippen LogP contribution >= 0.6 is 0 Å². The molecule has 8 nitrogen and oxygen atoms in total. The Morgan fingerprint density at radius 1 is 1.04 bits per heavy atom. The van der Waals surface area contributed by atoms with Crippen LogP contribution in [0.5, 0.6) is 0 Å². The lowest BCUT2D eigenvalue weighted by molar-refractivity contribution is -0.384. The largest absolute Gasteiger partial charge is 0.323 e. The maximum absolute atomic E-state index is 12.3. The summed E-state index contributed by atoms with van der Waals surface area (Å²) in [5.74, 6) is -0.415. The number of nitrogens with zero attached hydrogens (tertiary/aromatic N) is 1. The quantitative estimate of drug-likeness (QED) is 0.436. The maximum atomic E-state index is 12.3. The van der Waals surface area contributed by atoms with Crippen LogP contribution in [0.4, 0.5) is 11.4 Å². The molecule has 0 fully saturated rings. The minimum Gasteiger partial charge on any atom is -0.323 e. The van der Waals surface area contributed by atoms with Crippen LogP contribution in [-0.2, 0) is 14.8 Å². The Labute approximate surface area is 163 Å². The molecule has 0 saturated heterocycles. The third-order valence-corrected chi connectivity index (χ3v) is 5.18.